The van der Waals surface area contributed by atoms with Crippen molar-refractivity contribution < 1.29 is 4.74 Å². The van der Waals surface area contributed by atoms with Crippen molar-refractivity contribution >= 4 is 11.6 Å². The molecule has 3 heteroatoms. The summed E-state index contributed by atoms with van der Waals surface area (Å²) in [6.07, 6.45) is 0.980. The first-order valence-electron chi connectivity index (χ1n) is 7.40. The largest absolute Gasteiger partial charge is 0.492 e. The Bertz CT molecular complexity index is 556. The van der Waals surface area contributed by atoms with Gasteiger partial charge < -0.3 is 10.1 Å². The zero-order valence-corrected chi connectivity index (χ0v) is 13.4. The summed E-state index contributed by atoms with van der Waals surface area (Å²) in [4.78, 5) is 0. The van der Waals surface area contributed by atoms with E-state index in [0.717, 1.165) is 24.3 Å². The summed E-state index contributed by atoms with van der Waals surface area (Å²) >= 11 is 6.24. The first-order chi connectivity index (χ1) is 10.2. The van der Waals surface area contributed by atoms with E-state index in [1.807, 2.05) is 18.2 Å². The monoisotopic (exact) mass is 303 g/mol. The first kappa shape index (κ1) is 15.9. The summed E-state index contributed by atoms with van der Waals surface area (Å²) in [6, 6.07) is 16.7. The maximum Gasteiger partial charge on any atom is 0.137 e. The molecule has 0 aromatic heterocycles. The van der Waals surface area contributed by atoms with Gasteiger partial charge in [-0.1, -0.05) is 54.9 Å². The predicted octanol–water partition coefficient (Wildman–Crippen LogP) is 4.98. The van der Waals surface area contributed by atoms with Crippen molar-refractivity contribution in [2.45, 2.75) is 32.9 Å². The lowest BCUT2D eigenvalue weighted by Gasteiger charge is -2.15. The molecule has 1 atom stereocenters. The van der Waals surface area contributed by atoms with Crippen LogP contribution in [0.3, 0.4) is 0 Å². The third-order valence-electron chi connectivity index (χ3n) is 3.37. The van der Waals surface area contributed by atoms with Crippen LogP contribution < -0.4 is 10.1 Å². The van der Waals surface area contributed by atoms with Crippen molar-refractivity contribution in [2.24, 2.45) is 0 Å². The Hall–Kier alpha value is -1.51. The molecular formula is C18H22ClNO. The molecule has 0 saturated heterocycles. The highest BCUT2D eigenvalue weighted by molar-refractivity contribution is 6.32. The molecule has 0 fully saturated rings. The van der Waals surface area contributed by atoms with Crippen molar-refractivity contribution in [1.82, 2.24) is 5.32 Å². The predicted molar refractivity (Wildman–Crippen MR) is 88.9 cm³/mol. The summed E-state index contributed by atoms with van der Waals surface area (Å²) in [6.45, 7) is 5.72. The van der Waals surface area contributed by atoms with Gasteiger partial charge in [0.2, 0.25) is 0 Å². The molecule has 2 rings (SSSR count). The fourth-order valence-electron chi connectivity index (χ4n) is 2.11. The van der Waals surface area contributed by atoms with Gasteiger partial charge in [0.1, 0.15) is 5.75 Å². The highest BCUT2D eigenvalue weighted by Gasteiger charge is 2.06. The van der Waals surface area contributed by atoms with Crippen LogP contribution in [0.1, 0.15) is 37.4 Å². The van der Waals surface area contributed by atoms with Crippen molar-refractivity contribution in [3.8, 4) is 5.75 Å². The van der Waals surface area contributed by atoms with Gasteiger partial charge in [-0.25, -0.2) is 0 Å². The molecule has 2 nitrogen and oxygen atoms in total. The maximum absolute atomic E-state index is 6.24. The van der Waals surface area contributed by atoms with E-state index < -0.39 is 0 Å². The molecule has 0 radical (unpaired) electrons. The number of benzene rings is 2. The van der Waals surface area contributed by atoms with E-state index in [-0.39, 0.29) is 0 Å². The van der Waals surface area contributed by atoms with Crippen LogP contribution in [0.5, 0.6) is 5.75 Å². The molecule has 112 valence electrons. The standard InChI is InChI=1S/C18H22ClNO/c1-3-11-21-18-10-9-15(12-17(18)19)13-20-14(2)16-7-5-4-6-8-16/h4-10,12,14,20H,3,11,13H2,1-2H3/t14-/m1/s1. The second kappa shape index (κ2) is 8.06. The van der Waals surface area contributed by atoms with Crippen LogP contribution in [0.2, 0.25) is 5.02 Å². The molecule has 0 spiro atoms. The van der Waals surface area contributed by atoms with Crippen LogP contribution in [-0.2, 0) is 6.54 Å². The third kappa shape index (κ3) is 4.76. The number of nitrogens with one attached hydrogen (secondary N) is 1. The number of hydrogen-bond donors (Lipinski definition) is 1. The van der Waals surface area contributed by atoms with E-state index in [0.29, 0.717) is 17.7 Å². The van der Waals surface area contributed by atoms with E-state index in [2.05, 4.69) is 49.5 Å². The molecule has 0 amide bonds. The second-order valence-electron chi connectivity index (χ2n) is 5.13. The topological polar surface area (TPSA) is 21.3 Å². The van der Waals surface area contributed by atoms with Gasteiger partial charge >= 0.3 is 0 Å². The van der Waals surface area contributed by atoms with Crippen LogP contribution >= 0.6 is 11.6 Å². The van der Waals surface area contributed by atoms with Gasteiger partial charge in [-0.05, 0) is 36.6 Å². The highest BCUT2D eigenvalue weighted by atomic mass is 35.5. The van der Waals surface area contributed by atoms with Crippen molar-refractivity contribution in [2.75, 3.05) is 6.61 Å². The van der Waals surface area contributed by atoms with Crippen LogP contribution in [0.15, 0.2) is 48.5 Å². The fourth-order valence-corrected chi connectivity index (χ4v) is 2.37. The van der Waals surface area contributed by atoms with E-state index >= 15 is 0 Å². The SMILES string of the molecule is CCCOc1ccc(CN[C@H](C)c2ccccc2)cc1Cl. The summed E-state index contributed by atoms with van der Waals surface area (Å²) in [7, 11) is 0. The minimum absolute atomic E-state index is 0.306. The summed E-state index contributed by atoms with van der Waals surface area (Å²) in [5.74, 6) is 0.762. The van der Waals surface area contributed by atoms with Crippen LogP contribution in [0, 0.1) is 0 Å². The lowest BCUT2D eigenvalue weighted by Crippen LogP contribution is -2.17. The van der Waals surface area contributed by atoms with Gasteiger partial charge in [0.05, 0.1) is 11.6 Å². The van der Waals surface area contributed by atoms with Gasteiger partial charge in [-0.2, -0.15) is 0 Å². The zero-order valence-electron chi connectivity index (χ0n) is 12.6. The Morgan fingerprint density at radius 2 is 1.90 bits per heavy atom. The molecule has 2 aromatic rings. The van der Waals surface area contributed by atoms with E-state index in [4.69, 9.17) is 16.3 Å². The Kier molecular flexibility index (Phi) is 6.09. The van der Waals surface area contributed by atoms with E-state index in [1.54, 1.807) is 0 Å². The number of halogens is 1. The Balaban J connectivity index is 1.93. The lowest BCUT2D eigenvalue weighted by atomic mass is 10.1. The first-order valence-corrected chi connectivity index (χ1v) is 7.78. The smallest absolute Gasteiger partial charge is 0.137 e. The zero-order chi connectivity index (χ0) is 15.1. The van der Waals surface area contributed by atoms with Gasteiger partial charge in [0, 0.05) is 12.6 Å². The Labute approximate surface area is 132 Å². The molecule has 1 N–H and O–H groups in total. The normalized spacial score (nSPS) is 12.1. The second-order valence-corrected chi connectivity index (χ2v) is 5.53. The fraction of sp³-hybridized carbons (Fsp3) is 0.333. The third-order valence-corrected chi connectivity index (χ3v) is 3.67. The average molecular weight is 304 g/mol. The Morgan fingerprint density at radius 3 is 2.57 bits per heavy atom. The molecule has 0 bridgehead atoms. The highest BCUT2D eigenvalue weighted by Crippen LogP contribution is 2.26. The van der Waals surface area contributed by atoms with Gasteiger partial charge in [0.25, 0.3) is 0 Å². The minimum atomic E-state index is 0.306. The lowest BCUT2D eigenvalue weighted by molar-refractivity contribution is 0.317. The molecular weight excluding hydrogens is 282 g/mol. The molecule has 0 aliphatic rings. The summed E-state index contributed by atoms with van der Waals surface area (Å²) in [5, 5.41) is 4.18. The molecule has 21 heavy (non-hydrogen) atoms. The molecule has 0 aliphatic carbocycles. The van der Waals surface area contributed by atoms with Gasteiger partial charge in [-0.15, -0.1) is 0 Å². The van der Waals surface area contributed by atoms with Gasteiger partial charge in [0.15, 0.2) is 0 Å². The maximum atomic E-state index is 6.24. The number of ether oxygens (including phenoxy) is 1. The summed E-state index contributed by atoms with van der Waals surface area (Å²) in [5.41, 5.74) is 2.44. The van der Waals surface area contributed by atoms with Crippen LogP contribution in [0.4, 0.5) is 0 Å². The van der Waals surface area contributed by atoms with Gasteiger partial charge in [-0.3, -0.25) is 0 Å². The van der Waals surface area contributed by atoms with Crippen molar-refractivity contribution in [3.63, 3.8) is 0 Å². The number of hydrogen-bond acceptors (Lipinski definition) is 2. The molecule has 0 aliphatic heterocycles. The van der Waals surface area contributed by atoms with E-state index in [1.165, 1.54) is 5.56 Å². The van der Waals surface area contributed by atoms with Crippen molar-refractivity contribution in [1.29, 1.82) is 0 Å². The average Bonchev–Trinajstić information content (AvgIpc) is 2.52. The van der Waals surface area contributed by atoms with Crippen molar-refractivity contribution in [3.05, 3.63) is 64.7 Å². The van der Waals surface area contributed by atoms with Crippen LogP contribution in [-0.4, -0.2) is 6.61 Å². The quantitative estimate of drug-likeness (QED) is 0.779. The molecule has 0 heterocycles. The minimum Gasteiger partial charge on any atom is -0.492 e. The molecule has 0 unspecified atom stereocenters. The van der Waals surface area contributed by atoms with E-state index in [9.17, 15) is 0 Å². The van der Waals surface area contributed by atoms with Crippen LogP contribution in [0.25, 0.3) is 0 Å². The summed E-state index contributed by atoms with van der Waals surface area (Å²) < 4.78 is 5.58. The number of rotatable bonds is 7. The molecule has 0 saturated carbocycles. The molecule has 2 aromatic carbocycles. The Morgan fingerprint density at radius 1 is 1.14 bits per heavy atom.